The third kappa shape index (κ3) is 2.96. The molecule has 2 aliphatic rings. The maximum Gasteiger partial charge on any atom is 0.337 e. The highest BCUT2D eigenvalue weighted by Crippen LogP contribution is 2.40. The number of esters is 1. The van der Waals surface area contributed by atoms with Crippen LogP contribution in [-0.2, 0) is 9.53 Å². The Morgan fingerprint density at radius 3 is 2.91 bits per heavy atom. The van der Waals surface area contributed by atoms with Crippen molar-refractivity contribution in [1.82, 2.24) is 10.6 Å². The molecule has 2 heterocycles. The van der Waals surface area contributed by atoms with Crippen molar-refractivity contribution in [3.63, 3.8) is 0 Å². The summed E-state index contributed by atoms with van der Waals surface area (Å²) in [6.45, 7) is 2.97. The summed E-state index contributed by atoms with van der Waals surface area (Å²) < 4.78 is 16.5. The highest BCUT2D eigenvalue weighted by molar-refractivity contribution is 7.80. The van der Waals surface area contributed by atoms with E-state index in [0.29, 0.717) is 41.1 Å². The molecule has 122 valence electrons. The van der Waals surface area contributed by atoms with Crippen molar-refractivity contribution < 1.29 is 19.0 Å². The van der Waals surface area contributed by atoms with Gasteiger partial charge in [0.25, 0.3) is 0 Å². The molecule has 6 nitrogen and oxygen atoms in total. The predicted octanol–water partition coefficient (Wildman–Crippen LogP) is 1.81. The normalized spacial score (nSPS) is 20.3. The first-order valence-electron chi connectivity index (χ1n) is 7.37. The van der Waals surface area contributed by atoms with Crippen LogP contribution in [-0.4, -0.2) is 31.4 Å². The first kappa shape index (κ1) is 15.6. The molecule has 0 aliphatic carbocycles. The number of para-hydroxylation sites is 1. The van der Waals surface area contributed by atoms with Gasteiger partial charge in [-0.1, -0.05) is 12.1 Å². The summed E-state index contributed by atoms with van der Waals surface area (Å²) in [5.41, 5.74) is 1.94. The highest BCUT2D eigenvalue weighted by Gasteiger charge is 2.33. The van der Waals surface area contributed by atoms with E-state index in [1.54, 1.807) is 6.92 Å². The molecule has 7 heteroatoms. The third-order valence-electron chi connectivity index (χ3n) is 3.79. The van der Waals surface area contributed by atoms with E-state index < -0.39 is 12.0 Å². The molecule has 0 saturated heterocycles. The van der Waals surface area contributed by atoms with E-state index in [2.05, 4.69) is 10.6 Å². The van der Waals surface area contributed by atoms with E-state index in [4.69, 9.17) is 26.4 Å². The van der Waals surface area contributed by atoms with E-state index in [9.17, 15) is 4.79 Å². The molecular formula is C16H18N2O4S. The molecule has 1 aromatic carbocycles. The molecule has 0 bridgehead atoms. The van der Waals surface area contributed by atoms with Gasteiger partial charge in [0.05, 0.1) is 31.9 Å². The molecule has 2 N–H and O–H groups in total. The Kier molecular flexibility index (Phi) is 4.38. The molecule has 0 radical (unpaired) electrons. The molecule has 0 saturated carbocycles. The Bertz CT molecular complexity index is 687. The van der Waals surface area contributed by atoms with E-state index in [0.717, 1.165) is 12.0 Å². The number of thiocarbonyl (C=S) groups is 1. The Balaban J connectivity index is 2.10. The van der Waals surface area contributed by atoms with Crippen LogP contribution < -0.4 is 20.1 Å². The van der Waals surface area contributed by atoms with Gasteiger partial charge in [-0.15, -0.1) is 0 Å². The van der Waals surface area contributed by atoms with E-state index in [1.807, 2.05) is 18.2 Å². The molecular weight excluding hydrogens is 316 g/mol. The Morgan fingerprint density at radius 1 is 1.35 bits per heavy atom. The van der Waals surface area contributed by atoms with Crippen molar-refractivity contribution in [1.29, 1.82) is 0 Å². The van der Waals surface area contributed by atoms with E-state index in [-0.39, 0.29) is 0 Å². The zero-order chi connectivity index (χ0) is 16.4. The average molecular weight is 334 g/mol. The number of carbonyl (C=O) groups excluding carboxylic acids is 1. The molecule has 1 aromatic rings. The number of ether oxygens (including phenoxy) is 3. The molecule has 1 atom stereocenters. The van der Waals surface area contributed by atoms with Crippen molar-refractivity contribution >= 4 is 23.3 Å². The predicted molar refractivity (Wildman–Crippen MR) is 88.4 cm³/mol. The number of methoxy groups -OCH3 is 1. The van der Waals surface area contributed by atoms with Crippen molar-refractivity contribution in [3.8, 4) is 11.5 Å². The number of fused-ring (bicyclic) bond motifs is 1. The SMILES string of the molecule is COC(=O)C1=C(C)NC(=S)N[C@H]1c1cccc2c1OCCCO2. The van der Waals surface area contributed by atoms with Gasteiger partial charge in [0.1, 0.15) is 0 Å². The van der Waals surface area contributed by atoms with Crippen LogP contribution in [0.3, 0.4) is 0 Å². The molecule has 23 heavy (non-hydrogen) atoms. The molecule has 0 aromatic heterocycles. The van der Waals surface area contributed by atoms with E-state index in [1.165, 1.54) is 7.11 Å². The number of nitrogens with one attached hydrogen (secondary N) is 2. The first-order chi connectivity index (χ1) is 11.1. The van der Waals surface area contributed by atoms with Crippen molar-refractivity contribution in [3.05, 3.63) is 35.0 Å². The minimum atomic E-state index is -0.451. The summed E-state index contributed by atoms with van der Waals surface area (Å²) >= 11 is 5.24. The highest BCUT2D eigenvalue weighted by atomic mass is 32.1. The van der Waals surface area contributed by atoms with Crippen LogP contribution in [0.15, 0.2) is 29.5 Å². The number of hydrogen-bond donors (Lipinski definition) is 2. The van der Waals surface area contributed by atoms with Gasteiger partial charge in [0.15, 0.2) is 16.6 Å². The van der Waals surface area contributed by atoms with Crippen LogP contribution in [0.25, 0.3) is 0 Å². The summed E-state index contributed by atoms with van der Waals surface area (Å²) in [6, 6.07) is 5.18. The number of rotatable bonds is 2. The first-order valence-corrected chi connectivity index (χ1v) is 7.77. The van der Waals surface area contributed by atoms with Gasteiger partial charge in [-0.05, 0) is 25.2 Å². The van der Waals surface area contributed by atoms with Crippen LogP contribution in [0.4, 0.5) is 0 Å². The molecule has 0 unspecified atom stereocenters. The minimum absolute atomic E-state index is 0.415. The molecule has 0 amide bonds. The van der Waals surface area contributed by atoms with Crippen LogP contribution in [0.5, 0.6) is 11.5 Å². The lowest BCUT2D eigenvalue weighted by atomic mass is 9.94. The van der Waals surface area contributed by atoms with Crippen LogP contribution in [0.1, 0.15) is 24.9 Å². The molecule has 3 rings (SSSR count). The maximum absolute atomic E-state index is 12.2. The van der Waals surface area contributed by atoms with Crippen molar-refractivity contribution in [2.45, 2.75) is 19.4 Å². The number of benzene rings is 1. The fourth-order valence-corrected chi connectivity index (χ4v) is 3.02. The Hall–Kier alpha value is -2.28. The zero-order valence-electron chi connectivity index (χ0n) is 13.0. The zero-order valence-corrected chi connectivity index (χ0v) is 13.8. The average Bonchev–Trinajstić information content (AvgIpc) is 2.78. The number of carbonyl (C=O) groups is 1. The standard InChI is InChI=1S/C16H18N2O4S/c1-9-12(15(19)20-2)13(18-16(23)17-9)10-5-3-6-11-14(10)22-8-4-7-21-11/h3,5-6,13H,4,7-8H2,1-2H3,(H2,17,18,23)/t13-/m0/s1. The fourth-order valence-electron chi connectivity index (χ4n) is 2.75. The van der Waals surface area contributed by atoms with Gasteiger partial charge >= 0.3 is 5.97 Å². The van der Waals surface area contributed by atoms with Gasteiger partial charge in [0.2, 0.25) is 0 Å². The Labute approximate surface area is 139 Å². The summed E-state index contributed by atoms with van der Waals surface area (Å²) in [7, 11) is 1.36. The summed E-state index contributed by atoms with van der Waals surface area (Å²) in [5.74, 6) is 0.900. The lowest BCUT2D eigenvalue weighted by molar-refractivity contribution is -0.136. The smallest absolute Gasteiger partial charge is 0.337 e. The van der Waals surface area contributed by atoms with Gasteiger partial charge in [0, 0.05) is 17.7 Å². The van der Waals surface area contributed by atoms with E-state index >= 15 is 0 Å². The minimum Gasteiger partial charge on any atom is -0.490 e. The number of allylic oxidation sites excluding steroid dienone is 1. The summed E-state index contributed by atoms with van der Waals surface area (Å²) in [6.07, 6.45) is 0.810. The summed E-state index contributed by atoms with van der Waals surface area (Å²) in [5, 5.41) is 6.54. The van der Waals surface area contributed by atoms with Gasteiger partial charge < -0.3 is 24.8 Å². The third-order valence-corrected chi connectivity index (χ3v) is 4.01. The molecule has 2 aliphatic heterocycles. The topological polar surface area (TPSA) is 68.8 Å². The van der Waals surface area contributed by atoms with Crippen molar-refractivity contribution in [2.24, 2.45) is 0 Å². The van der Waals surface area contributed by atoms with Crippen molar-refractivity contribution in [2.75, 3.05) is 20.3 Å². The Morgan fingerprint density at radius 2 is 2.13 bits per heavy atom. The second kappa shape index (κ2) is 6.45. The lowest BCUT2D eigenvalue weighted by Gasteiger charge is -2.30. The second-order valence-corrected chi connectivity index (χ2v) is 5.69. The van der Waals surface area contributed by atoms with Gasteiger partial charge in [-0.2, -0.15) is 0 Å². The van der Waals surface area contributed by atoms with Gasteiger partial charge in [-0.25, -0.2) is 4.79 Å². The quantitative estimate of drug-likeness (QED) is 0.631. The largest absolute Gasteiger partial charge is 0.490 e. The number of hydrogen-bond acceptors (Lipinski definition) is 5. The van der Waals surface area contributed by atoms with Gasteiger partial charge in [-0.3, -0.25) is 0 Å². The fraction of sp³-hybridized carbons (Fsp3) is 0.375. The maximum atomic E-state index is 12.2. The second-order valence-electron chi connectivity index (χ2n) is 5.29. The van der Waals surface area contributed by atoms with Crippen LogP contribution in [0, 0.1) is 0 Å². The molecule has 0 spiro atoms. The summed E-state index contributed by atoms with van der Waals surface area (Å²) in [4.78, 5) is 12.2. The monoisotopic (exact) mass is 334 g/mol. The van der Waals surface area contributed by atoms with Crippen LogP contribution >= 0.6 is 12.2 Å². The van der Waals surface area contributed by atoms with Crippen LogP contribution in [0.2, 0.25) is 0 Å². The lowest BCUT2D eigenvalue weighted by Crippen LogP contribution is -2.45. The molecule has 0 fully saturated rings.